The summed E-state index contributed by atoms with van der Waals surface area (Å²) >= 11 is 0. The molecule has 1 aromatic heterocycles. The second-order valence-corrected chi connectivity index (χ2v) is 9.96. The molecule has 0 aliphatic carbocycles. The highest BCUT2D eigenvalue weighted by Crippen LogP contribution is 2.33. The molecule has 0 atom stereocenters. The van der Waals surface area contributed by atoms with Crippen molar-refractivity contribution in [1.82, 2.24) is 9.88 Å². The van der Waals surface area contributed by atoms with E-state index < -0.39 is 10.0 Å². The predicted octanol–water partition coefficient (Wildman–Crippen LogP) is 4.48. The summed E-state index contributed by atoms with van der Waals surface area (Å²) in [6.07, 6.45) is 1.10. The third-order valence-electron chi connectivity index (χ3n) is 5.04. The van der Waals surface area contributed by atoms with Crippen LogP contribution in [0.25, 0.3) is 10.9 Å². The maximum atomic E-state index is 11.7. The first kappa shape index (κ1) is 22.6. The van der Waals surface area contributed by atoms with E-state index in [1.807, 2.05) is 68.7 Å². The van der Waals surface area contributed by atoms with E-state index in [1.165, 1.54) is 5.56 Å². The molecular formula is C25H26N4O3S. The van der Waals surface area contributed by atoms with Crippen LogP contribution in [-0.2, 0) is 16.6 Å². The van der Waals surface area contributed by atoms with Crippen LogP contribution in [0.15, 0.2) is 77.8 Å². The van der Waals surface area contributed by atoms with Gasteiger partial charge < -0.3 is 15.0 Å². The Morgan fingerprint density at radius 3 is 2.36 bits per heavy atom. The van der Waals surface area contributed by atoms with E-state index in [1.54, 1.807) is 18.2 Å². The number of aromatic amines is 1. The number of benzene rings is 3. The van der Waals surface area contributed by atoms with Gasteiger partial charge in [0.25, 0.3) is 0 Å². The number of aromatic hydroxyl groups is 1. The number of sulfonamides is 1. The lowest BCUT2D eigenvalue weighted by atomic mass is 10.0. The molecule has 0 saturated carbocycles. The third kappa shape index (κ3) is 5.42. The van der Waals surface area contributed by atoms with Gasteiger partial charge in [0.2, 0.25) is 10.0 Å². The topological polar surface area (TPSA) is 97.8 Å². The Bertz CT molecular complexity index is 1410. The highest BCUT2D eigenvalue weighted by Gasteiger charge is 2.19. The second kappa shape index (κ2) is 9.09. The first-order valence-electron chi connectivity index (χ1n) is 10.4. The van der Waals surface area contributed by atoms with Crippen LogP contribution in [0.1, 0.15) is 16.7 Å². The van der Waals surface area contributed by atoms with Crippen molar-refractivity contribution in [3.05, 3.63) is 89.5 Å². The van der Waals surface area contributed by atoms with Gasteiger partial charge >= 0.3 is 0 Å². The lowest BCUT2D eigenvalue weighted by molar-refractivity contribution is 0.402. The average Bonchev–Trinajstić information content (AvgIpc) is 3.07. The quantitative estimate of drug-likeness (QED) is 0.353. The molecule has 3 aromatic carbocycles. The molecule has 3 N–H and O–H groups in total. The van der Waals surface area contributed by atoms with E-state index >= 15 is 0 Å². The smallest absolute Gasteiger partial charge is 0.229 e. The molecule has 8 heteroatoms. The Balaban J connectivity index is 1.87. The van der Waals surface area contributed by atoms with Crippen molar-refractivity contribution in [2.75, 3.05) is 25.1 Å². The van der Waals surface area contributed by atoms with Gasteiger partial charge in [0.1, 0.15) is 0 Å². The van der Waals surface area contributed by atoms with Crippen LogP contribution in [0.4, 0.5) is 11.4 Å². The molecule has 0 spiro atoms. The maximum absolute atomic E-state index is 11.7. The standard InChI is InChI=1S/C25H26N4O3S/c1-29(2)16-17-9-11-19(12-10-17)26-24(18-7-5-4-6-8-18)23-21-15-20(28-33(3,31)32)13-14-22(21)27-25(23)30/h4-15,27-28,30H,16H2,1-3H3. The molecule has 170 valence electrons. The number of rotatable bonds is 7. The van der Waals surface area contributed by atoms with E-state index in [4.69, 9.17) is 4.99 Å². The number of fused-ring (bicyclic) bond motifs is 1. The fourth-order valence-corrected chi connectivity index (χ4v) is 4.28. The fourth-order valence-electron chi connectivity index (χ4n) is 3.73. The molecule has 1 heterocycles. The second-order valence-electron chi connectivity index (χ2n) is 8.21. The number of aromatic nitrogens is 1. The minimum Gasteiger partial charge on any atom is -0.494 e. The van der Waals surface area contributed by atoms with E-state index in [-0.39, 0.29) is 5.88 Å². The van der Waals surface area contributed by atoms with Crippen LogP contribution in [0.5, 0.6) is 5.88 Å². The number of nitrogens with zero attached hydrogens (tertiary/aromatic N) is 2. The van der Waals surface area contributed by atoms with Gasteiger partial charge in [0.15, 0.2) is 5.88 Å². The van der Waals surface area contributed by atoms with Gasteiger partial charge in [-0.25, -0.2) is 13.4 Å². The Hall–Kier alpha value is -3.62. The number of anilines is 1. The van der Waals surface area contributed by atoms with Crippen LogP contribution in [-0.4, -0.2) is 49.5 Å². The van der Waals surface area contributed by atoms with Crippen LogP contribution >= 0.6 is 0 Å². The molecule has 0 unspecified atom stereocenters. The van der Waals surface area contributed by atoms with Crippen LogP contribution < -0.4 is 4.72 Å². The Morgan fingerprint density at radius 2 is 1.73 bits per heavy atom. The lowest BCUT2D eigenvalue weighted by Crippen LogP contribution is -2.10. The zero-order chi connectivity index (χ0) is 23.6. The summed E-state index contributed by atoms with van der Waals surface area (Å²) in [5, 5.41) is 11.5. The number of nitrogens with one attached hydrogen (secondary N) is 2. The highest BCUT2D eigenvalue weighted by molar-refractivity contribution is 7.92. The summed E-state index contributed by atoms with van der Waals surface area (Å²) in [7, 11) is 0.598. The van der Waals surface area contributed by atoms with Crippen LogP contribution in [0, 0.1) is 0 Å². The van der Waals surface area contributed by atoms with Gasteiger partial charge in [-0.3, -0.25) is 4.72 Å². The molecule has 0 bridgehead atoms. The maximum Gasteiger partial charge on any atom is 0.229 e. The molecule has 0 radical (unpaired) electrons. The summed E-state index contributed by atoms with van der Waals surface area (Å²) in [4.78, 5) is 9.96. The average molecular weight is 463 g/mol. The van der Waals surface area contributed by atoms with Gasteiger partial charge in [-0.15, -0.1) is 0 Å². The SMILES string of the molecule is CN(C)Cc1ccc(N=C(c2ccccc2)c2c(O)[nH]c3ccc(NS(C)(=O)=O)cc23)cc1. The molecule has 0 aliphatic heterocycles. The molecular weight excluding hydrogens is 436 g/mol. The van der Waals surface area contributed by atoms with Crippen LogP contribution in [0.2, 0.25) is 0 Å². The molecule has 33 heavy (non-hydrogen) atoms. The van der Waals surface area contributed by atoms with E-state index in [9.17, 15) is 13.5 Å². The summed E-state index contributed by atoms with van der Waals surface area (Å²) < 4.78 is 25.9. The zero-order valence-electron chi connectivity index (χ0n) is 18.7. The van der Waals surface area contributed by atoms with Crippen molar-refractivity contribution in [2.45, 2.75) is 6.54 Å². The van der Waals surface area contributed by atoms with Gasteiger partial charge in [0, 0.05) is 28.7 Å². The molecule has 0 amide bonds. The number of H-pyrrole nitrogens is 1. The molecule has 4 aromatic rings. The first-order valence-corrected chi connectivity index (χ1v) is 12.3. The van der Waals surface area contributed by atoms with E-state index in [0.29, 0.717) is 27.9 Å². The molecule has 4 rings (SSSR count). The molecule has 0 saturated heterocycles. The third-order valence-corrected chi connectivity index (χ3v) is 5.65. The molecule has 0 aliphatic rings. The summed E-state index contributed by atoms with van der Waals surface area (Å²) in [5.74, 6) is -0.0339. The van der Waals surface area contributed by atoms with Crippen molar-refractivity contribution in [3.63, 3.8) is 0 Å². The van der Waals surface area contributed by atoms with Gasteiger partial charge in [0.05, 0.1) is 23.2 Å². The Morgan fingerprint density at radius 1 is 1.03 bits per heavy atom. The van der Waals surface area contributed by atoms with Crippen molar-refractivity contribution in [3.8, 4) is 5.88 Å². The van der Waals surface area contributed by atoms with E-state index in [2.05, 4.69) is 14.6 Å². The summed E-state index contributed by atoms with van der Waals surface area (Å²) in [5.41, 5.74) is 4.91. The summed E-state index contributed by atoms with van der Waals surface area (Å²) in [6.45, 7) is 0.828. The number of hydrogen-bond acceptors (Lipinski definition) is 5. The van der Waals surface area contributed by atoms with Crippen molar-refractivity contribution < 1.29 is 13.5 Å². The van der Waals surface area contributed by atoms with Crippen molar-refractivity contribution >= 4 is 38.0 Å². The van der Waals surface area contributed by atoms with Gasteiger partial charge in [-0.2, -0.15) is 0 Å². The first-order chi connectivity index (χ1) is 15.7. The van der Waals surface area contributed by atoms with Crippen molar-refractivity contribution in [1.29, 1.82) is 0 Å². The van der Waals surface area contributed by atoms with Gasteiger partial charge in [-0.1, -0.05) is 42.5 Å². The minimum absolute atomic E-state index is 0.0339. The predicted molar refractivity (Wildman–Crippen MR) is 134 cm³/mol. The Kier molecular flexibility index (Phi) is 6.22. The lowest BCUT2D eigenvalue weighted by Gasteiger charge is -2.11. The molecule has 7 nitrogen and oxygen atoms in total. The summed E-state index contributed by atoms with van der Waals surface area (Å²) in [6, 6.07) is 22.6. The fraction of sp³-hybridized carbons (Fsp3) is 0.160. The van der Waals surface area contributed by atoms with E-state index in [0.717, 1.165) is 24.1 Å². The number of hydrogen-bond donors (Lipinski definition) is 3. The zero-order valence-corrected chi connectivity index (χ0v) is 19.5. The monoisotopic (exact) mass is 462 g/mol. The van der Waals surface area contributed by atoms with Crippen molar-refractivity contribution in [2.24, 2.45) is 4.99 Å². The van der Waals surface area contributed by atoms with Crippen LogP contribution in [0.3, 0.4) is 0 Å². The molecule has 0 fully saturated rings. The largest absolute Gasteiger partial charge is 0.494 e. The number of aliphatic imine (C=N–C) groups is 1. The minimum atomic E-state index is -3.44. The Labute approximate surface area is 193 Å². The highest BCUT2D eigenvalue weighted by atomic mass is 32.2. The van der Waals surface area contributed by atoms with Gasteiger partial charge in [-0.05, 0) is 50.0 Å². The normalized spacial score (nSPS) is 12.4.